The number of amides is 6. The summed E-state index contributed by atoms with van der Waals surface area (Å²) in [5.41, 5.74) is -0.270. The molecule has 1 saturated heterocycles. The Morgan fingerprint density at radius 2 is 1.54 bits per heavy atom. The summed E-state index contributed by atoms with van der Waals surface area (Å²) in [6, 6.07) is 5.88. The molecule has 1 heterocycles. The smallest absolute Gasteiger partial charge is 0.315 e. The van der Waals surface area contributed by atoms with E-state index in [4.69, 9.17) is 23.2 Å². The number of Topliss-reactive ketones (excluding diaryl/α,β-unsaturated/α-hetero) is 1. The van der Waals surface area contributed by atoms with E-state index in [0.29, 0.717) is 25.8 Å². The second kappa shape index (κ2) is 19.3. The largest absolute Gasteiger partial charge is 0.350 e. The monoisotopic (exact) mass is 684 g/mol. The number of halogens is 2. The van der Waals surface area contributed by atoms with Gasteiger partial charge in [-0.25, -0.2) is 4.79 Å². The van der Waals surface area contributed by atoms with Crippen LogP contribution in [0.5, 0.6) is 0 Å². The molecule has 2 rings (SSSR count). The molecule has 0 bridgehead atoms. The first-order chi connectivity index (χ1) is 21.4. The number of nitrogens with one attached hydrogen (secondary N) is 5. The number of urea groups is 1. The lowest BCUT2D eigenvalue weighted by molar-refractivity contribution is -0.144. The molecule has 0 spiro atoms. The van der Waals surface area contributed by atoms with Crippen LogP contribution in [0.15, 0.2) is 30.3 Å². The summed E-state index contributed by atoms with van der Waals surface area (Å²) in [6.45, 7) is 13.0. The molecule has 46 heavy (non-hydrogen) atoms. The fourth-order valence-electron chi connectivity index (χ4n) is 4.72. The van der Waals surface area contributed by atoms with Crippen LogP contribution in [-0.4, -0.2) is 82.4 Å². The average molecular weight is 686 g/mol. The van der Waals surface area contributed by atoms with Gasteiger partial charge in [0, 0.05) is 18.6 Å². The molecule has 0 aliphatic carbocycles. The van der Waals surface area contributed by atoms with Crippen molar-refractivity contribution < 1.29 is 28.8 Å². The van der Waals surface area contributed by atoms with Gasteiger partial charge in [-0.05, 0) is 51.0 Å². The lowest BCUT2D eigenvalue weighted by Crippen LogP contribution is -2.61. The van der Waals surface area contributed by atoms with Gasteiger partial charge in [0.2, 0.25) is 23.5 Å². The Kier molecular flexibility index (Phi) is 17.1. The number of hydrogen-bond donors (Lipinski definition) is 5. The second-order valence-corrected chi connectivity index (χ2v) is 13.9. The van der Waals surface area contributed by atoms with E-state index >= 15 is 0 Å². The van der Waals surface area contributed by atoms with Crippen LogP contribution >= 0.6 is 23.2 Å². The summed E-state index contributed by atoms with van der Waals surface area (Å²) < 4.78 is 0. The number of rotatable bonds is 12. The minimum Gasteiger partial charge on any atom is -0.350 e. The molecule has 1 unspecified atom stereocenters. The fourth-order valence-corrected chi connectivity index (χ4v) is 4.72. The Hall–Kier alpha value is -3.38. The highest BCUT2D eigenvalue weighted by Gasteiger charge is 2.43. The van der Waals surface area contributed by atoms with Gasteiger partial charge in [0.15, 0.2) is 0 Å². The van der Waals surface area contributed by atoms with E-state index in [1.54, 1.807) is 0 Å². The Labute approximate surface area is 282 Å². The molecule has 0 saturated carbocycles. The van der Waals surface area contributed by atoms with Gasteiger partial charge in [-0.15, -0.1) is 23.2 Å². The van der Waals surface area contributed by atoms with E-state index in [0.717, 1.165) is 5.56 Å². The van der Waals surface area contributed by atoms with Crippen molar-refractivity contribution >= 4 is 58.6 Å². The highest BCUT2D eigenvalue weighted by molar-refractivity contribution is 6.40. The summed E-state index contributed by atoms with van der Waals surface area (Å²) in [4.78, 5) is 78.9. The maximum Gasteiger partial charge on any atom is 0.315 e. The summed E-state index contributed by atoms with van der Waals surface area (Å²) in [5, 5.41) is 13.4. The summed E-state index contributed by atoms with van der Waals surface area (Å²) in [7, 11) is 0. The van der Waals surface area contributed by atoms with Crippen LogP contribution < -0.4 is 26.6 Å². The standard InChI is InChI=1S/C31H48N6O6.CH2Cl2/c1-8-13-21(24(39)27(41)33-19-23(38)32-18-20-14-10-9-11-15-20)34-26(40)22-16-12-17-37(22)28(42)25(30(2,3)4)35-29(43)36-31(5,6)7;2-1-3/h9-11,14-15,21-22,25H,8,12-13,16-19H2,1-7H3,(H,32,38)(H,33,41)(H,34,40)(H2,35,36,43);1H2/t21?,22-,25+;/m0./s1. The maximum absolute atomic E-state index is 13.7. The predicted octanol–water partition coefficient (Wildman–Crippen LogP) is 3.20. The molecule has 12 nitrogen and oxygen atoms in total. The van der Waals surface area contributed by atoms with Crippen molar-refractivity contribution in [2.24, 2.45) is 5.41 Å². The highest BCUT2D eigenvalue weighted by Crippen LogP contribution is 2.26. The number of alkyl halides is 2. The minimum absolute atomic E-state index is 0.194. The molecule has 1 aliphatic heterocycles. The first-order valence-electron chi connectivity index (χ1n) is 15.4. The Morgan fingerprint density at radius 3 is 2.09 bits per heavy atom. The van der Waals surface area contributed by atoms with Crippen molar-refractivity contribution in [3.8, 4) is 0 Å². The van der Waals surface area contributed by atoms with Gasteiger partial charge in [0.05, 0.1) is 17.9 Å². The zero-order chi connectivity index (χ0) is 35.1. The molecule has 3 atom stereocenters. The molecule has 1 aromatic rings. The SMILES string of the molecule is CCCC(NC(=O)[C@@H]1CCCN1C(=O)[C@@H](NC(=O)NC(C)(C)C)C(C)(C)C)C(=O)C(=O)NCC(=O)NCc1ccccc1.ClCCl. The molecule has 5 N–H and O–H groups in total. The molecular formula is C32H50Cl2N6O6. The van der Waals surface area contributed by atoms with Gasteiger partial charge in [0.1, 0.15) is 12.1 Å². The number of hydrogen-bond acceptors (Lipinski definition) is 6. The fraction of sp³-hybridized carbons (Fsp3) is 0.625. The number of benzene rings is 1. The van der Waals surface area contributed by atoms with Crippen molar-refractivity contribution in [3.63, 3.8) is 0 Å². The molecular weight excluding hydrogens is 635 g/mol. The van der Waals surface area contributed by atoms with Gasteiger partial charge >= 0.3 is 6.03 Å². The van der Waals surface area contributed by atoms with Crippen LogP contribution in [0.2, 0.25) is 0 Å². The van der Waals surface area contributed by atoms with Crippen molar-refractivity contribution in [2.45, 2.75) is 104 Å². The van der Waals surface area contributed by atoms with Crippen LogP contribution in [0.25, 0.3) is 0 Å². The number of nitrogens with zero attached hydrogens (tertiary/aromatic N) is 1. The van der Waals surface area contributed by atoms with Crippen LogP contribution in [0, 0.1) is 5.41 Å². The predicted molar refractivity (Wildman–Crippen MR) is 179 cm³/mol. The van der Waals surface area contributed by atoms with Crippen LogP contribution in [0.3, 0.4) is 0 Å². The van der Waals surface area contributed by atoms with E-state index in [2.05, 4.69) is 26.6 Å². The lowest BCUT2D eigenvalue weighted by Gasteiger charge is -2.36. The maximum atomic E-state index is 13.7. The first-order valence-corrected chi connectivity index (χ1v) is 16.5. The van der Waals surface area contributed by atoms with Crippen molar-refractivity contribution in [1.82, 2.24) is 31.5 Å². The third-order valence-electron chi connectivity index (χ3n) is 6.89. The van der Waals surface area contributed by atoms with Crippen LogP contribution in [-0.2, 0) is 30.5 Å². The van der Waals surface area contributed by atoms with Crippen LogP contribution in [0.4, 0.5) is 4.79 Å². The van der Waals surface area contributed by atoms with E-state index in [1.807, 2.05) is 78.8 Å². The minimum atomic E-state index is -1.11. The molecule has 1 fully saturated rings. The number of ketones is 1. The van der Waals surface area contributed by atoms with E-state index in [-0.39, 0.29) is 24.8 Å². The number of carbonyl (C=O) groups is 6. The molecule has 6 amide bonds. The van der Waals surface area contributed by atoms with E-state index in [9.17, 15) is 28.8 Å². The number of carbonyl (C=O) groups excluding carboxylic acids is 6. The van der Waals surface area contributed by atoms with Gasteiger partial charge in [-0.3, -0.25) is 24.0 Å². The zero-order valence-electron chi connectivity index (χ0n) is 27.9. The summed E-state index contributed by atoms with van der Waals surface area (Å²) in [5.74, 6) is -3.24. The Bertz CT molecular complexity index is 1190. The summed E-state index contributed by atoms with van der Waals surface area (Å²) >= 11 is 9.53. The summed E-state index contributed by atoms with van der Waals surface area (Å²) in [6.07, 6.45) is 1.66. The van der Waals surface area contributed by atoms with Gasteiger partial charge in [0.25, 0.3) is 5.91 Å². The quantitative estimate of drug-likeness (QED) is 0.168. The van der Waals surface area contributed by atoms with Gasteiger partial charge in [-0.2, -0.15) is 0 Å². The molecule has 1 aliphatic rings. The van der Waals surface area contributed by atoms with Gasteiger partial charge in [-0.1, -0.05) is 64.4 Å². The molecule has 1 aromatic carbocycles. The van der Waals surface area contributed by atoms with E-state index < -0.39 is 64.5 Å². The third-order valence-corrected chi connectivity index (χ3v) is 6.89. The number of likely N-dealkylation sites (tertiary alicyclic amines) is 1. The Balaban J connectivity index is 0.00000338. The zero-order valence-corrected chi connectivity index (χ0v) is 29.4. The average Bonchev–Trinajstić information content (AvgIpc) is 3.46. The van der Waals surface area contributed by atoms with Crippen molar-refractivity contribution in [2.75, 3.05) is 18.4 Å². The highest BCUT2D eigenvalue weighted by atomic mass is 35.5. The Morgan fingerprint density at radius 1 is 0.935 bits per heavy atom. The first kappa shape index (κ1) is 40.6. The van der Waals surface area contributed by atoms with Crippen molar-refractivity contribution in [3.05, 3.63) is 35.9 Å². The van der Waals surface area contributed by atoms with E-state index in [1.165, 1.54) is 4.90 Å². The van der Waals surface area contributed by atoms with Crippen LogP contribution in [0.1, 0.15) is 79.7 Å². The second-order valence-electron chi connectivity index (χ2n) is 13.1. The molecule has 258 valence electrons. The lowest BCUT2D eigenvalue weighted by atomic mass is 9.85. The third kappa shape index (κ3) is 14.4. The van der Waals surface area contributed by atoms with Gasteiger partial charge < -0.3 is 31.5 Å². The molecule has 0 aromatic heterocycles. The molecule has 14 heteroatoms. The normalized spacial score (nSPS) is 15.8. The topological polar surface area (TPSA) is 166 Å². The van der Waals surface area contributed by atoms with Crippen molar-refractivity contribution in [1.29, 1.82) is 0 Å². The molecule has 0 radical (unpaired) electrons.